The maximum Gasteiger partial charge on any atom is 0.293 e. The van der Waals surface area contributed by atoms with Gasteiger partial charge >= 0.3 is 0 Å². The van der Waals surface area contributed by atoms with E-state index >= 15 is 0 Å². The number of hydrogen-bond acceptors (Lipinski definition) is 4. The molecule has 1 aromatic rings. The van der Waals surface area contributed by atoms with Gasteiger partial charge in [-0.25, -0.2) is 0 Å². The minimum Gasteiger partial charge on any atom is -0.378 e. The number of hydrogen-bond donors (Lipinski definition) is 2. The highest BCUT2D eigenvalue weighted by Crippen LogP contribution is 2.27. The van der Waals surface area contributed by atoms with E-state index in [1.165, 1.54) is 6.07 Å². The largest absolute Gasteiger partial charge is 0.378 e. The molecule has 0 unspecified atom stereocenters. The Morgan fingerprint density at radius 2 is 2.33 bits per heavy atom. The molecule has 0 aliphatic rings. The van der Waals surface area contributed by atoms with Gasteiger partial charge in [-0.2, -0.15) is 0 Å². The van der Waals surface area contributed by atoms with Crippen LogP contribution in [0, 0.1) is 10.1 Å². The number of halogens is 1. The lowest BCUT2D eigenvalue weighted by Crippen LogP contribution is -2.25. The Bertz CT molecular complexity index is 368. The maximum absolute atomic E-state index is 10.7. The molecule has 0 spiro atoms. The third kappa shape index (κ3) is 3.38. The van der Waals surface area contributed by atoms with Crippen molar-refractivity contribution in [2.24, 2.45) is 5.73 Å². The highest BCUT2D eigenvalue weighted by molar-refractivity contribution is 6.30. The highest BCUT2D eigenvalue weighted by atomic mass is 35.5. The molecule has 0 heterocycles. The zero-order chi connectivity index (χ0) is 11.4. The van der Waals surface area contributed by atoms with E-state index in [4.69, 9.17) is 17.3 Å². The molecule has 0 fully saturated rings. The van der Waals surface area contributed by atoms with Gasteiger partial charge in [0.2, 0.25) is 0 Å². The molecule has 1 atom stereocenters. The summed E-state index contributed by atoms with van der Waals surface area (Å²) in [6.45, 7) is 2.29. The second-order valence-electron chi connectivity index (χ2n) is 3.28. The Morgan fingerprint density at radius 3 is 2.87 bits per heavy atom. The lowest BCUT2D eigenvalue weighted by atomic mass is 10.2. The second kappa shape index (κ2) is 4.95. The Labute approximate surface area is 92.4 Å². The Kier molecular flexibility index (Phi) is 3.88. The molecule has 5 nitrogen and oxygen atoms in total. The van der Waals surface area contributed by atoms with Crippen LogP contribution < -0.4 is 11.1 Å². The molecular formula is C9H12ClN3O2. The highest BCUT2D eigenvalue weighted by Gasteiger charge is 2.13. The zero-order valence-corrected chi connectivity index (χ0v) is 8.99. The van der Waals surface area contributed by atoms with Crippen LogP contribution in [-0.2, 0) is 0 Å². The van der Waals surface area contributed by atoms with Crippen molar-refractivity contribution < 1.29 is 4.92 Å². The average molecular weight is 230 g/mol. The third-order valence-corrected chi connectivity index (χ3v) is 2.01. The quantitative estimate of drug-likeness (QED) is 0.611. The van der Waals surface area contributed by atoms with Crippen LogP contribution >= 0.6 is 11.6 Å². The first-order chi connectivity index (χ1) is 7.00. The molecule has 0 bridgehead atoms. The van der Waals surface area contributed by atoms with Crippen LogP contribution in [0.2, 0.25) is 5.02 Å². The summed E-state index contributed by atoms with van der Waals surface area (Å²) >= 11 is 5.67. The van der Waals surface area contributed by atoms with Crippen LogP contribution in [0.25, 0.3) is 0 Å². The van der Waals surface area contributed by atoms with Crippen molar-refractivity contribution in [1.82, 2.24) is 0 Å². The summed E-state index contributed by atoms with van der Waals surface area (Å²) in [5.41, 5.74) is 5.93. The summed E-state index contributed by atoms with van der Waals surface area (Å²) < 4.78 is 0. The molecule has 0 saturated carbocycles. The van der Waals surface area contributed by atoms with Crippen LogP contribution in [0.3, 0.4) is 0 Å². The van der Waals surface area contributed by atoms with Gasteiger partial charge in [-0.15, -0.1) is 0 Å². The third-order valence-electron chi connectivity index (χ3n) is 1.77. The second-order valence-corrected chi connectivity index (χ2v) is 3.71. The van der Waals surface area contributed by atoms with Crippen molar-refractivity contribution in [3.63, 3.8) is 0 Å². The molecule has 1 aromatic carbocycles. The van der Waals surface area contributed by atoms with E-state index in [1.807, 2.05) is 6.92 Å². The molecule has 1 rings (SSSR count). The Hall–Kier alpha value is -1.33. The molecule has 6 heteroatoms. The van der Waals surface area contributed by atoms with Crippen molar-refractivity contribution >= 4 is 23.0 Å². The van der Waals surface area contributed by atoms with Gasteiger partial charge in [0.05, 0.1) is 4.92 Å². The number of nitro groups is 1. The predicted octanol–water partition coefficient (Wildman–Crippen LogP) is 2.01. The number of rotatable bonds is 4. The number of benzene rings is 1. The van der Waals surface area contributed by atoms with Gasteiger partial charge < -0.3 is 11.1 Å². The Balaban J connectivity index is 2.91. The van der Waals surface area contributed by atoms with Crippen LogP contribution in [0.5, 0.6) is 0 Å². The summed E-state index contributed by atoms with van der Waals surface area (Å²) in [6.07, 6.45) is 0. The standard InChI is InChI=1S/C9H12ClN3O2/c1-6(11)5-12-8-3-2-7(10)4-9(8)13(14)15/h2-4,6,12H,5,11H2,1H3/t6-/m1/s1. The molecule has 82 valence electrons. The predicted molar refractivity (Wildman–Crippen MR) is 60.2 cm³/mol. The van der Waals surface area contributed by atoms with Gasteiger partial charge in [-0.1, -0.05) is 11.6 Å². The fourth-order valence-corrected chi connectivity index (χ4v) is 1.24. The number of nitrogens with two attached hydrogens (primary N) is 1. The number of nitrogens with one attached hydrogen (secondary N) is 1. The topological polar surface area (TPSA) is 81.2 Å². The summed E-state index contributed by atoms with van der Waals surface area (Å²) in [4.78, 5) is 10.2. The normalized spacial score (nSPS) is 12.2. The van der Waals surface area contributed by atoms with Crippen LogP contribution in [0.1, 0.15) is 6.92 Å². The molecular weight excluding hydrogens is 218 g/mol. The van der Waals surface area contributed by atoms with E-state index in [0.717, 1.165) is 0 Å². The van der Waals surface area contributed by atoms with Crippen LogP contribution in [0.15, 0.2) is 18.2 Å². The first kappa shape index (κ1) is 11.7. The fraction of sp³-hybridized carbons (Fsp3) is 0.333. The molecule has 0 saturated heterocycles. The molecule has 0 amide bonds. The molecule has 0 aliphatic heterocycles. The lowest BCUT2D eigenvalue weighted by molar-refractivity contribution is -0.383. The average Bonchev–Trinajstić information content (AvgIpc) is 2.15. The first-order valence-corrected chi connectivity index (χ1v) is 4.82. The smallest absolute Gasteiger partial charge is 0.293 e. The molecule has 0 aromatic heterocycles. The molecule has 15 heavy (non-hydrogen) atoms. The maximum atomic E-state index is 10.7. The molecule has 3 N–H and O–H groups in total. The van der Waals surface area contributed by atoms with Gasteiger partial charge in [0.15, 0.2) is 0 Å². The van der Waals surface area contributed by atoms with Gasteiger partial charge in [0, 0.05) is 23.7 Å². The van der Waals surface area contributed by atoms with Crippen molar-refractivity contribution in [3.05, 3.63) is 33.3 Å². The minimum absolute atomic E-state index is 0.0387. The molecule has 0 radical (unpaired) electrons. The van der Waals surface area contributed by atoms with Crippen molar-refractivity contribution in [2.75, 3.05) is 11.9 Å². The number of anilines is 1. The summed E-state index contributed by atoms with van der Waals surface area (Å²) in [5, 5.41) is 13.9. The van der Waals surface area contributed by atoms with Crippen molar-refractivity contribution in [1.29, 1.82) is 0 Å². The minimum atomic E-state index is -0.477. The lowest BCUT2D eigenvalue weighted by Gasteiger charge is -2.09. The first-order valence-electron chi connectivity index (χ1n) is 4.44. The zero-order valence-electron chi connectivity index (χ0n) is 8.24. The fourth-order valence-electron chi connectivity index (χ4n) is 1.08. The number of nitrogens with zero attached hydrogens (tertiary/aromatic N) is 1. The number of nitro benzene ring substituents is 1. The van der Waals surface area contributed by atoms with E-state index in [1.54, 1.807) is 12.1 Å². The summed E-state index contributed by atoms with van der Waals surface area (Å²) in [7, 11) is 0. The monoisotopic (exact) mass is 229 g/mol. The Morgan fingerprint density at radius 1 is 1.67 bits per heavy atom. The summed E-state index contributed by atoms with van der Waals surface area (Å²) in [6, 6.07) is 4.41. The van der Waals surface area contributed by atoms with E-state index in [0.29, 0.717) is 17.3 Å². The van der Waals surface area contributed by atoms with E-state index in [2.05, 4.69) is 5.32 Å². The van der Waals surface area contributed by atoms with Crippen molar-refractivity contribution in [3.8, 4) is 0 Å². The van der Waals surface area contributed by atoms with E-state index in [-0.39, 0.29) is 11.7 Å². The van der Waals surface area contributed by atoms with Crippen LogP contribution in [0.4, 0.5) is 11.4 Å². The van der Waals surface area contributed by atoms with Gasteiger partial charge in [0.1, 0.15) is 5.69 Å². The SMILES string of the molecule is C[C@@H](N)CNc1ccc(Cl)cc1[N+](=O)[O-]. The van der Waals surface area contributed by atoms with Crippen molar-refractivity contribution in [2.45, 2.75) is 13.0 Å². The summed E-state index contributed by atoms with van der Waals surface area (Å²) in [5.74, 6) is 0. The van der Waals surface area contributed by atoms with Gasteiger partial charge in [0.25, 0.3) is 5.69 Å². The van der Waals surface area contributed by atoms with E-state index in [9.17, 15) is 10.1 Å². The molecule has 0 aliphatic carbocycles. The van der Waals surface area contributed by atoms with E-state index < -0.39 is 4.92 Å². The van der Waals surface area contributed by atoms with Crippen LogP contribution in [-0.4, -0.2) is 17.5 Å². The van der Waals surface area contributed by atoms with Gasteiger partial charge in [-0.05, 0) is 19.1 Å². The van der Waals surface area contributed by atoms with Gasteiger partial charge in [-0.3, -0.25) is 10.1 Å².